The number of hydrogen-bond donors (Lipinski definition) is 0. The monoisotopic (exact) mass is 339 g/mol. The van der Waals surface area contributed by atoms with Crippen LogP contribution in [0.1, 0.15) is 11.1 Å². The number of carbonyl (C=O) groups excluding carboxylic acids is 1. The summed E-state index contributed by atoms with van der Waals surface area (Å²) in [6, 6.07) is 19.6. The van der Waals surface area contributed by atoms with Crippen LogP contribution in [0.2, 0.25) is 0 Å². The predicted molar refractivity (Wildman–Crippen MR) is 99.3 cm³/mol. The van der Waals surface area contributed by atoms with E-state index < -0.39 is 0 Å². The topological polar surface area (TPSA) is 38.8 Å². The second kappa shape index (κ2) is 10.3. The van der Waals surface area contributed by atoms with Gasteiger partial charge in [0.2, 0.25) is 0 Å². The van der Waals surface area contributed by atoms with Crippen molar-refractivity contribution >= 4 is 6.09 Å². The van der Waals surface area contributed by atoms with Crippen molar-refractivity contribution in [3.05, 3.63) is 84.4 Å². The maximum absolute atomic E-state index is 12.4. The summed E-state index contributed by atoms with van der Waals surface area (Å²) in [5.74, 6) is 0. The highest BCUT2D eigenvalue weighted by atomic mass is 16.6. The molecular weight excluding hydrogens is 314 g/mol. The number of carbonyl (C=O) groups is 1. The molecule has 0 saturated carbocycles. The Labute approximate surface area is 149 Å². The van der Waals surface area contributed by atoms with Crippen molar-refractivity contribution in [2.45, 2.75) is 19.1 Å². The summed E-state index contributed by atoms with van der Waals surface area (Å²) < 4.78 is 11.0. The molecule has 132 valence electrons. The molecule has 0 aliphatic heterocycles. The third-order valence-electron chi connectivity index (χ3n) is 3.90. The van der Waals surface area contributed by atoms with Gasteiger partial charge in [-0.1, -0.05) is 66.7 Å². The van der Waals surface area contributed by atoms with Crippen molar-refractivity contribution in [1.29, 1.82) is 0 Å². The van der Waals surface area contributed by atoms with Gasteiger partial charge in [-0.25, -0.2) is 4.79 Å². The molecule has 1 unspecified atom stereocenters. The van der Waals surface area contributed by atoms with Gasteiger partial charge in [0.05, 0.1) is 19.3 Å². The van der Waals surface area contributed by atoms with Gasteiger partial charge in [-0.15, -0.1) is 6.58 Å². The maximum Gasteiger partial charge on any atom is 0.410 e. The number of hydrogen-bond acceptors (Lipinski definition) is 3. The van der Waals surface area contributed by atoms with Crippen LogP contribution in [0, 0.1) is 0 Å². The van der Waals surface area contributed by atoms with Crippen LogP contribution in [0.4, 0.5) is 4.79 Å². The number of benzene rings is 2. The molecular formula is C21H25NO3. The zero-order valence-corrected chi connectivity index (χ0v) is 14.6. The van der Waals surface area contributed by atoms with Gasteiger partial charge < -0.3 is 14.4 Å². The Bertz CT molecular complexity index is 643. The maximum atomic E-state index is 12.4. The van der Waals surface area contributed by atoms with Crippen molar-refractivity contribution in [2.24, 2.45) is 0 Å². The molecule has 0 aromatic heterocycles. The lowest BCUT2D eigenvalue weighted by Crippen LogP contribution is -2.41. The zero-order chi connectivity index (χ0) is 17.9. The van der Waals surface area contributed by atoms with Gasteiger partial charge in [-0.3, -0.25) is 0 Å². The Morgan fingerprint density at radius 1 is 1.08 bits per heavy atom. The summed E-state index contributed by atoms with van der Waals surface area (Å²) in [4.78, 5) is 14.0. The molecule has 1 atom stereocenters. The molecule has 25 heavy (non-hydrogen) atoms. The fraction of sp³-hybridized carbons (Fsp3) is 0.286. The largest absolute Gasteiger partial charge is 0.445 e. The fourth-order valence-electron chi connectivity index (χ4n) is 2.45. The molecule has 2 rings (SSSR count). The first-order valence-electron chi connectivity index (χ1n) is 8.36. The van der Waals surface area contributed by atoms with Crippen LogP contribution in [0.3, 0.4) is 0 Å². The molecule has 0 aliphatic rings. The van der Waals surface area contributed by atoms with Crippen molar-refractivity contribution in [3.63, 3.8) is 0 Å². The van der Waals surface area contributed by atoms with Gasteiger partial charge in [0.1, 0.15) is 6.61 Å². The Morgan fingerprint density at radius 3 is 2.28 bits per heavy atom. The molecule has 0 aliphatic carbocycles. The van der Waals surface area contributed by atoms with Gasteiger partial charge in [-0.05, 0) is 17.5 Å². The minimum atomic E-state index is -0.355. The third kappa shape index (κ3) is 6.43. The van der Waals surface area contributed by atoms with Crippen LogP contribution < -0.4 is 0 Å². The standard InChI is InChI=1S/C21H25NO3/c1-3-14-24-17-20(15-18-10-6-4-7-11-18)22(2)21(23)25-16-19-12-8-5-9-13-19/h3-13,20H,1,14-17H2,2H3. The highest BCUT2D eigenvalue weighted by Gasteiger charge is 2.22. The molecule has 2 aromatic carbocycles. The summed E-state index contributed by atoms with van der Waals surface area (Å²) in [5.41, 5.74) is 2.11. The average molecular weight is 339 g/mol. The van der Waals surface area contributed by atoms with Gasteiger partial charge in [-0.2, -0.15) is 0 Å². The van der Waals surface area contributed by atoms with Gasteiger partial charge in [0.15, 0.2) is 0 Å². The molecule has 2 aromatic rings. The second-order valence-corrected chi connectivity index (χ2v) is 5.82. The van der Waals surface area contributed by atoms with E-state index >= 15 is 0 Å². The van der Waals surface area contributed by atoms with Gasteiger partial charge in [0.25, 0.3) is 0 Å². The van der Waals surface area contributed by atoms with E-state index in [9.17, 15) is 4.79 Å². The van der Waals surface area contributed by atoms with E-state index in [-0.39, 0.29) is 18.7 Å². The van der Waals surface area contributed by atoms with E-state index in [0.29, 0.717) is 19.6 Å². The van der Waals surface area contributed by atoms with Gasteiger partial charge >= 0.3 is 6.09 Å². The van der Waals surface area contributed by atoms with Crippen molar-refractivity contribution in [3.8, 4) is 0 Å². The molecule has 0 spiro atoms. The molecule has 0 heterocycles. The van der Waals surface area contributed by atoms with Crippen LogP contribution in [0.5, 0.6) is 0 Å². The molecule has 0 fully saturated rings. The predicted octanol–water partition coefficient (Wildman–Crippen LogP) is 4.07. The molecule has 4 nitrogen and oxygen atoms in total. The van der Waals surface area contributed by atoms with E-state index in [1.165, 1.54) is 0 Å². The van der Waals surface area contributed by atoms with Crippen LogP contribution >= 0.6 is 0 Å². The van der Waals surface area contributed by atoms with E-state index in [1.54, 1.807) is 18.0 Å². The highest BCUT2D eigenvalue weighted by molar-refractivity contribution is 5.67. The zero-order valence-electron chi connectivity index (χ0n) is 14.6. The second-order valence-electron chi connectivity index (χ2n) is 5.82. The summed E-state index contributed by atoms with van der Waals surface area (Å²) in [5, 5.41) is 0. The van der Waals surface area contributed by atoms with Crippen LogP contribution in [-0.2, 0) is 22.5 Å². The number of amides is 1. The van der Waals surface area contributed by atoms with E-state index in [4.69, 9.17) is 9.47 Å². The Morgan fingerprint density at radius 2 is 1.68 bits per heavy atom. The van der Waals surface area contributed by atoms with Crippen LogP contribution in [0.25, 0.3) is 0 Å². The summed E-state index contributed by atoms with van der Waals surface area (Å²) in [7, 11) is 1.75. The molecule has 0 N–H and O–H groups in total. The normalized spacial score (nSPS) is 11.6. The lowest BCUT2D eigenvalue weighted by Gasteiger charge is -2.27. The number of rotatable bonds is 9. The highest BCUT2D eigenvalue weighted by Crippen LogP contribution is 2.11. The van der Waals surface area contributed by atoms with E-state index in [1.807, 2.05) is 60.7 Å². The van der Waals surface area contributed by atoms with E-state index in [2.05, 4.69) is 6.58 Å². The third-order valence-corrected chi connectivity index (χ3v) is 3.90. The van der Waals surface area contributed by atoms with Crippen molar-refractivity contribution < 1.29 is 14.3 Å². The lowest BCUT2D eigenvalue weighted by molar-refractivity contribution is 0.0578. The van der Waals surface area contributed by atoms with Crippen LogP contribution in [0.15, 0.2) is 73.3 Å². The summed E-state index contributed by atoms with van der Waals surface area (Å²) >= 11 is 0. The number of nitrogens with zero attached hydrogens (tertiary/aromatic N) is 1. The molecule has 0 radical (unpaired) electrons. The first kappa shape index (κ1) is 18.7. The van der Waals surface area contributed by atoms with Crippen molar-refractivity contribution in [2.75, 3.05) is 20.3 Å². The lowest BCUT2D eigenvalue weighted by atomic mass is 10.1. The average Bonchev–Trinajstić information content (AvgIpc) is 2.66. The summed E-state index contributed by atoms with van der Waals surface area (Å²) in [6.45, 7) is 4.80. The molecule has 0 saturated heterocycles. The molecule has 0 bridgehead atoms. The quantitative estimate of drug-likeness (QED) is 0.511. The summed E-state index contributed by atoms with van der Waals surface area (Å²) in [6.07, 6.45) is 2.05. The number of likely N-dealkylation sites (N-methyl/N-ethyl adjacent to an activating group) is 1. The van der Waals surface area contributed by atoms with E-state index in [0.717, 1.165) is 11.1 Å². The molecule has 4 heteroatoms. The minimum Gasteiger partial charge on any atom is -0.445 e. The SMILES string of the molecule is C=CCOCC(Cc1ccccc1)N(C)C(=O)OCc1ccccc1. The first-order chi connectivity index (χ1) is 12.2. The van der Waals surface area contributed by atoms with Gasteiger partial charge in [0, 0.05) is 7.05 Å². The first-order valence-corrected chi connectivity index (χ1v) is 8.36. The molecule has 1 amide bonds. The van der Waals surface area contributed by atoms with Crippen molar-refractivity contribution in [1.82, 2.24) is 4.90 Å². The Balaban J connectivity index is 1.95. The minimum absolute atomic E-state index is 0.106. The smallest absolute Gasteiger partial charge is 0.410 e. The Hall–Kier alpha value is -2.59. The van der Waals surface area contributed by atoms with Crippen LogP contribution in [-0.4, -0.2) is 37.3 Å². The number of ether oxygens (including phenoxy) is 2. The fourth-order valence-corrected chi connectivity index (χ4v) is 2.45. The Kier molecular flexibility index (Phi) is 7.73.